The van der Waals surface area contributed by atoms with Crippen molar-refractivity contribution in [2.24, 2.45) is 0 Å². The molecule has 1 aliphatic rings. The van der Waals surface area contributed by atoms with Crippen LogP contribution in [-0.4, -0.2) is 33.5 Å². The molecule has 2 unspecified atom stereocenters. The molecule has 0 radical (unpaired) electrons. The van der Waals surface area contributed by atoms with Crippen molar-refractivity contribution in [1.82, 2.24) is 4.90 Å². The summed E-state index contributed by atoms with van der Waals surface area (Å²) in [6.07, 6.45) is 0. The first-order valence-corrected chi connectivity index (χ1v) is 8.97. The average Bonchev–Trinajstić information content (AvgIpc) is 3.06. The smallest absolute Gasteiger partial charge is 0.270 e. The lowest BCUT2D eigenvalue weighted by Gasteiger charge is -2.30. The number of thioether (sulfide) groups is 1. The summed E-state index contributed by atoms with van der Waals surface area (Å²) in [6, 6.07) is 10.9. The van der Waals surface area contributed by atoms with Crippen LogP contribution in [-0.2, 0) is 4.79 Å². The van der Waals surface area contributed by atoms with Crippen LogP contribution in [0.4, 0.5) is 5.69 Å². The van der Waals surface area contributed by atoms with Crippen molar-refractivity contribution in [2.75, 3.05) is 5.75 Å². The number of nitrogens with zero attached hydrogens (tertiary/aromatic N) is 2. The number of carboxylic acid groups (broad SMARTS) is 1. The van der Waals surface area contributed by atoms with E-state index in [0.717, 1.165) is 6.07 Å². The summed E-state index contributed by atoms with van der Waals surface area (Å²) in [6.45, 7) is 0. The number of carbonyl (C=O) groups is 2. The van der Waals surface area contributed by atoms with Crippen LogP contribution in [0.1, 0.15) is 21.3 Å². The summed E-state index contributed by atoms with van der Waals surface area (Å²) < 4.78 is 0. The summed E-state index contributed by atoms with van der Waals surface area (Å²) in [5, 5.41) is 22.3. The molecule has 0 bridgehead atoms. The Labute approximate surface area is 157 Å². The fourth-order valence-corrected chi connectivity index (χ4v) is 4.51. The SMILES string of the molecule is O=C([O-])C1CSC(c2ccccc2Cl)N1C(=O)c1cccc([N+](=O)[O-])c1. The van der Waals surface area contributed by atoms with Gasteiger partial charge in [-0.25, -0.2) is 0 Å². The monoisotopic (exact) mass is 391 g/mol. The predicted molar refractivity (Wildman–Crippen MR) is 94.7 cm³/mol. The number of carboxylic acids is 1. The lowest BCUT2D eigenvalue weighted by atomic mass is 10.1. The van der Waals surface area contributed by atoms with Gasteiger partial charge in [-0.3, -0.25) is 14.9 Å². The molecule has 2 atom stereocenters. The van der Waals surface area contributed by atoms with E-state index in [4.69, 9.17) is 11.6 Å². The fraction of sp³-hybridized carbons (Fsp3) is 0.176. The number of hydrogen-bond acceptors (Lipinski definition) is 6. The normalized spacial score (nSPS) is 19.3. The molecular weight excluding hydrogens is 380 g/mol. The molecule has 1 aliphatic heterocycles. The van der Waals surface area contributed by atoms with Crippen LogP contribution in [0.25, 0.3) is 0 Å². The highest BCUT2D eigenvalue weighted by Crippen LogP contribution is 2.44. The van der Waals surface area contributed by atoms with E-state index in [1.165, 1.54) is 34.9 Å². The summed E-state index contributed by atoms with van der Waals surface area (Å²) in [5.74, 6) is -1.87. The van der Waals surface area contributed by atoms with Gasteiger partial charge in [-0.15, -0.1) is 11.8 Å². The Bertz CT molecular complexity index is 891. The van der Waals surface area contributed by atoms with Crippen molar-refractivity contribution in [2.45, 2.75) is 11.4 Å². The van der Waals surface area contributed by atoms with Gasteiger partial charge in [-0.05, 0) is 12.1 Å². The molecular formula is C17H12ClN2O5S-. The third-order valence-electron chi connectivity index (χ3n) is 3.98. The summed E-state index contributed by atoms with van der Waals surface area (Å²) in [4.78, 5) is 36.0. The van der Waals surface area contributed by atoms with E-state index in [0.29, 0.717) is 10.6 Å². The van der Waals surface area contributed by atoms with E-state index in [2.05, 4.69) is 0 Å². The molecule has 1 heterocycles. The highest BCUT2D eigenvalue weighted by molar-refractivity contribution is 7.99. The number of amides is 1. The maximum Gasteiger partial charge on any atom is 0.270 e. The lowest BCUT2D eigenvalue weighted by Crippen LogP contribution is -2.49. The minimum Gasteiger partial charge on any atom is -0.548 e. The number of carbonyl (C=O) groups excluding carboxylic acids is 2. The van der Waals surface area contributed by atoms with Gasteiger partial charge >= 0.3 is 0 Å². The Kier molecular flexibility index (Phi) is 5.15. The molecule has 7 nitrogen and oxygen atoms in total. The first-order valence-electron chi connectivity index (χ1n) is 7.54. The number of rotatable bonds is 4. The van der Waals surface area contributed by atoms with Gasteiger partial charge in [-0.2, -0.15) is 0 Å². The number of halogens is 1. The zero-order valence-corrected chi connectivity index (χ0v) is 14.8. The fourth-order valence-electron chi connectivity index (χ4n) is 2.75. The highest BCUT2D eigenvalue weighted by Gasteiger charge is 2.40. The summed E-state index contributed by atoms with van der Waals surface area (Å²) >= 11 is 7.46. The molecule has 134 valence electrons. The van der Waals surface area contributed by atoms with Gasteiger partial charge in [0, 0.05) is 34.0 Å². The molecule has 9 heteroatoms. The quantitative estimate of drug-likeness (QED) is 0.585. The first kappa shape index (κ1) is 18.2. The number of nitro groups is 1. The molecule has 1 amide bonds. The Balaban J connectivity index is 2.03. The number of nitro benzene ring substituents is 1. The molecule has 3 rings (SSSR count). The van der Waals surface area contributed by atoms with Gasteiger partial charge in [0.05, 0.1) is 16.9 Å². The summed E-state index contributed by atoms with van der Waals surface area (Å²) in [5.41, 5.74) is 0.383. The highest BCUT2D eigenvalue weighted by atomic mass is 35.5. The van der Waals surface area contributed by atoms with Crippen molar-refractivity contribution < 1.29 is 19.6 Å². The number of aliphatic carboxylic acids is 1. The predicted octanol–water partition coefficient (Wildman–Crippen LogP) is 2.25. The Morgan fingerprint density at radius 1 is 1.19 bits per heavy atom. The van der Waals surface area contributed by atoms with Gasteiger partial charge < -0.3 is 14.8 Å². The van der Waals surface area contributed by atoms with E-state index in [-0.39, 0.29) is 17.0 Å². The largest absolute Gasteiger partial charge is 0.548 e. The van der Waals surface area contributed by atoms with Gasteiger partial charge in [0.1, 0.15) is 5.37 Å². The zero-order valence-electron chi connectivity index (χ0n) is 13.2. The minimum absolute atomic E-state index is 0.0324. The van der Waals surface area contributed by atoms with Gasteiger partial charge in [-0.1, -0.05) is 35.9 Å². The number of hydrogen-bond donors (Lipinski definition) is 0. The Hall–Kier alpha value is -2.58. The van der Waals surface area contributed by atoms with Crippen LogP contribution in [0.15, 0.2) is 48.5 Å². The topological polar surface area (TPSA) is 104 Å². The van der Waals surface area contributed by atoms with Gasteiger partial charge in [0.2, 0.25) is 0 Å². The molecule has 0 spiro atoms. The molecule has 1 saturated heterocycles. The molecule has 2 aromatic carbocycles. The van der Waals surface area contributed by atoms with E-state index in [1.807, 2.05) is 0 Å². The van der Waals surface area contributed by atoms with E-state index in [9.17, 15) is 24.8 Å². The van der Waals surface area contributed by atoms with E-state index >= 15 is 0 Å². The molecule has 0 saturated carbocycles. The molecule has 0 aliphatic carbocycles. The van der Waals surface area contributed by atoms with Crippen molar-refractivity contribution in [3.63, 3.8) is 0 Å². The molecule has 0 N–H and O–H groups in total. The second-order valence-electron chi connectivity index (χ2n) is 5.56. The lowest BCUT2D eigenvalue weighted by molar-refractivity contribution is -0.384. The number of non-ortho nitro benzene ring substituents is 1. The van der Waals surface area contributed by atoms with Crippen LogP contribution in [0, 0.1) is 10.1 Å². The minimum atomic E-state index is -1.38. The van der Waals surface area contributed by atoms with Gasteiger partial charge in [0.25, 0.3) is 11.6 Å². The van der Waals surface area contributed by atoms with Crippen LogP contribution in [0.5, 0.6) is 0 Å². The van der Waals surface area contributed by atoms with Crippen molar-refractivity contribution >= 4 is 40.9 Å². The standard InChI is InChI=1S/C17H13ClN2O5S/c18-13-7-2-1-6-12(13)16-19(14(9-26-16)17(22)23)15(21)10-4-3-5-11(8-10)20(24)25/h1-8,14,16H,9H2,(H,22,23)/p-1. The second-order valence-corrected chi connectivity index (χ2v) is 7.08. The maximum atomic E-state index is 13.0. The molecule has 2 aromatic rings. The van der Waals surface area contributed by atoms with Gasteiger partial charge in [0.15, 0.2) is 0 Å². The molecule has 1 fully saturated rings. The van der Waals surface area contributed by atoms with Crippen LogP contribution in [0.2, 0.25) is 5.02 Å². The zero-order chi connectivity index (χ0) is 18.8. The molecule has 0 aromatic heterocycles. The van der Waals surface area contributed by atoms with Crippen molar-refractivity contribution in [3.8, 4) is 0 Å². The third kappa shape index (κ3) is 3.38. The average molecular weight is 392 g/mol. The van der Waals surface area contributed by atoms with Crippen molar-refractivity contribution in [3.05, 3.63) is 74.8 Å². The van der Waals surface area contributed by atoms with E-state index in [1.54, 1.807) is 24.3 Å². The van der Waals surface area contributed by atoms with E-state index < -0.39 is 28.2 Å². The third-order valence-corrected chi connectivity index (χ3v) is 5.63. The van der Waals surface area contributed by atoms with Crippen LogP contribution < -0.4 is 5.11 Å². The second kappa shape index (κ2) is 7.35. The number of benzene rings is 2. The molecule has 26 heavy (non-hydrogen) atoms. The van der Waals surface area contributed by atoms with Crippen LogP contribution in [0.3, 0.4) is 0 Å². The Morgan fingerprint density at radius 2 is 1.92 bits per heavy atom. The van der Waals surface area contributed by atoms with Crippen LogP contribution >= 0.6 is 23.4 Å². The Morgan fingerprint density at radius 3 is 2.58 bits per heavy atom. The maximum absolute atomic E-state index is 13.0. The first-order chi connectivity index (χ1) is 12.4. The van der Waals surface area contributed by atoms with Crippen molar-refractivity contribution in [1.29, 1.82) is 0 Å². The summed E-state index contributed by atoms with van der Waals surface area (Å²) in [7, 11) is 0.